The van der Waals surface area contributed by atoms with Crippen LogP contribution in [0.4, 0.5) is 0 Å². The second-order valence-electron chi connectivity index (χ2n) is 16.7. The number of hydrogen-bond donors (Lipinski definition) is 0. The molecule has 0 aromatic carbocycles. The first-order valence-electron chi connectivity index (χ1n) is 24.3. The van der Waals surface area contributed by atoms with Gasteiger partial charge in [0, 0.05) is 0 Å². The van der Waals surface area contributed by atoms with E-state index in [0.29, 0.717) is 12.8 Å². The van der Waals surface area contributed by atoms with E-state index < -0.39 is 25.1 Å². The molecule has 0 aromatic heterocycles. The maximum absolute atomic E-state index is 12.0. The standard InChI is InChI=1S/2C24H48O2.Pb/c2*1-2-3-4-5-6-7-8-9-10-11-12-13-14-15-16-17-18-19-20-21-22-23-24(25)26;/h2*2-23H2,1H3,(H,25,26);/q;;+2/p-2. The van der Waals surface area contributed by atoms with Crippen LogP contribution in [0.15, 0.2) is 0 Å². The molecule has 5 heteroatoms. The molecule has 0 rings (SSSR count). The Labute approximate surface area is 346 Å². The summed E-state index contributed by atoms with van der Waals surface area (Å²) in [5, 5.41) is 0. The zero-order valence-corrected chi connectivity index (χ0v) is 40.1. The summed E-state index contributed by atoms with van der Waals surface area (Å²) in [5.74, 6) is -0.318. The minimum Gasteiger partial charge on any atom is -0.0654 e. The first-order chi connectivity index (χ1) is 26.2. The Morgan fingerprint density at radius 3 is 0.585 bits per heavy atom. The molecule has 0 aromatic rings. The summed E-state index contributed by atoms with van der Waals surface area (Å²) >= 11 is -2.05. The average molecular weight is 942 g/mol. The molecule has 314 valence electrons. The Hall–Kier alpha value is -0.138. The van der Waals surface area contributed by atoms with E-state index in [1.807, 2.05) is 0 Å². The van der Waals surface area contributed by atoms with Gasteiger partial charge in [-0.05, 0) is 0 Å². The van der Waals surface area contributed by atoms with Crippen molar-refractivity contribution in [1.29, 1.82) is 0 Å². The summed E-state index contributed by atoms with van der Waals surface area (Å²) in [4.78, 5) is 24.0. The Kier molecular flexibility index (Phi) is 47.9. The zero-order valence-electron chi connectivity index (χ0n) is 36.2. The molecule has 0 unspecified atom stereocenters. The molecule has 0 bridgehead atoms. The molecule has 0 heterocycles. The van der Waals surface area contributed by atoms with Gasteiger partial charge in [-0.25, -0.2) is 0 Å². The minimum absolute atomic E-state index is 0.159. The predicted molar refractivity (Wildman–Crippen MR) is 232 cm³/mol. The smallest absolute Gasteiger partial charge is 0.0654 e. The summed E-state index contributed by atoms with van der Waals surface area (Å²) in [5.41, 5.74) is 0. The molecule has 0 N–H and O–H groups in total. The molecule has 0 aliphatic carbocycles. The van der Waals surface area contributed by atoms with Crippen molar-refractivity contribution in [3.05, 3.63) is 0 Å². The molecule has 0 spiro atoms. The van der Waals surface area contributed by atoms with Crippen LogP contribution in [0.2, 0.25) is 0 Å². The Bertz CT molecular complexity index is 656. The maximum atomic E-state index is 12.0. The summed E-state index contributed by atoms with van der Waals surface area (Å²) < 4.78 is 10.6. The minimum atomic E-state index is -2.05. The second-order valence-corrected chi connectivity index (χ2v) is 18.9. The van der Waals surface area contributed by atoms with Gasteiger partial charge in [0.1, 0.15) is 0 Å². The van der Waals surface area contributed by atoms with E-state index in [-0.39, 0.29) is 11.9 Å². The molecule has 53 heavy (non-hydrogen) atoms. The van der Waals surface area contributed by atoms with Gasteiger partial charge in [-0.3, -0.25) is 0 Å². The van der Waals surface area contributed by atoms with Crippen LogP contribution in [-0.4, -0.2) is 37.1 Å². The van der Waals surface area contributed by atoms with E-state index in [1.165, 1.54) is 244 Å². The van der Waals surface area contributed by atoms with E-state index in [4.69, 9.17) is 5.37 Å². The molecule has 0 aliphatic rings. The molecule has 0 saturated heterocycles. The molecule has 4 nitrogen and oxygen atoms in total. The summed E-state index contributed by atoms with van der Waals surface area (Å²) in [7, 11) is 0. The molecule has 0 saturated carbocycles. The number of rotatable bonds is 46. The Balaban J connectivity index is 3.24. The number of unbranched alkanes of at least 4 members (excludes halogenated alkanes) is 40. The van der Waals surface area contributed by atoms with Gasteiger partial charge in [-0.15, -0.1) is 0 Å². The van der Waals surface area contributed by atoms with E-state index in [9.17, 15) is 9.59 Å². The van der Waals surface area contributed by atoms with Crippen molar-refractivity contribution in [1.82, 2.24) is 0 Å². The average Bonchev–Trinajstić information content (AvgIpc) is 3.16. The summed E-state index contributed by atoms with van der Waals surface area (Å²) in [6.45, 7) is 4.59. The van der Waals surface area contributed by atoms with Crippen molar-refractivity contribution in [2.24, 2.45) is 0 Å². The molecular formula is C48H94O4Pb. The van der Waals surface area contributed by atoms with Gasteiger partial charge in [0.25, 0.3) is 0 Å². The van der Waals surface area contributed by atoms with E-state index in [2.05, 4.69) is 13.8 Å². The predicted octanol–water partition coefficient (Wildman–Crippen LogP) is 16.8. The first-order valence-corrected chi connectivity index (χ1v) is 27.5. The van der Waals surface area contributed by atoms with Gasteiger partial charge in [0.2, 0.25) is 0 Å². The van der Waals surface area contributed by atoms with Crippen molar-refractivity contribution in [2.75, 3.05) is 0 Å². The molecule has 2 radical (unpaired) electrons. The third-order valence-corrected chi connectivity index (χ3v) is 13.7. The van der Waals surface area contributed by atoms with Crippen LogP contribution in [0.25, 0.3) is 0 Å². The first kappa shape index (κ1) is 52.9. The summed E-state index contributed by atoms with van der Waals surface area (Å²) in [6.07, 6.45) is 58.2. The fourth-order valence-corrected chi connectivity index (χ4v) is 9.30. The fraction of sp³-hybridized carbons (Fsp3) is 0.958. The number of carbonyl (C=O) groups is 2. The zero-order chi connectivity index (χ0) is 38.4. The fourth-order valence-electron chi connectivity index (χ4n) is 7.62. The molecule has 0 atom stereocenters. The molecular weight excluding hydrogens is 848 g/mol. The molecule has 0 amide bonds. The van der Waals surface area contributed by atoms with E-state index >= 15 is 0 Å². The normalized spacial score (nSPS) is 11.4. The third kappa shape index (κ3) is 47.9. The van der Waals surface area contributed by atoms with Gasteiger partial charge < -0.3 is 0 Å². The Morgan fingerprint density at radius 1 is 0.264 bits per heavy atom. The third-order valence-electron chi connectivity index (χ3n) is 11.3. The monoisotopic (exact) mass is 943 g/mol. The number of carbonyl (C=O) groups excluding carboxylic acids is 2. The van der Waals surface area contributed by atoms with Crippen molar-refractivity contribution in [2.45, 2.75) is 296 Å². The van der Waals surface area contributed by atoms with Crippen molar-refractivity contribution >= 4 is 37.1 Å². The van der Waals surface area contributed by atoms with Gasteiger partial charge in [0.15, 0.2) is 0 Å². The van der Waals surface area contributed by atoms with Crippen molar-refractivity contribution in [3.63, 3.8) is 0 Å². The van der Waals surface area contributed by atoms with Crippen LogP contribution < -0.4 is 0 Å². The SMILES string of the molecule is CCCCCCCCCCCCCCCCCCCCCCCC(=O)[O][Pb][O]C(=O)CCCCCCCCCCCCCCCCCCCCCCC. The van der Waals surface area contributed by atoms with Crippen LogP contribution in [0.1, 0.15) is 296 Å². The topological polar surface area (TPSA) is 52.6 Å². The van der Waals surface area contributed by atoms with Crippen molar-refractivity contribution < 1.29 is 15.0 Å². The van der Waals surface area contributed by atoms with Gasteiger partial charge in [-0.1, -0.05) is 168 Å². The second kappa shape index (κ2) is 48.0. The van der Waals surface area contributed by atoms with Crippen LogP contribution in [0, 0.1) is 0 Å². The molecule has 0 fully saturated rings. The van der Waals surface area contributed by atoms with Crippen LogP contribution in [0.3, 0.4) is 0 Å². The quantitative estimate of drug-likeness (QED) is 0.0451. The van der Waals surface area contributed by atoms with E-state index in [0.717, 1.165) is 25.7 Å². The van der Waals surface area contributed by atoms with E-state index in [1.54, 1.807) is 0 Å². The van der Waals surface area contributed by atoms with Gasteiger partial charge in [0.05, 0.1) is 0 Å². The summed E-state index contributed by atoms with van der Waals surface area (Å²) in [6, 6.07) is 0. The Morgan fingerprint density at radius 2 is 0.415 bits per heavy atom. The van der Waals surface area contributed by atoms with Crippen molar-refractivity contribution in [3.8, 4) is 0 Å². The molecule has 0 aliphatic heterocycles. The van der Waals surface area contributed by atoms with Crippen LogP contribution in [0.5, 0.6) is 0 Å². The van der Waals surface area contributed by atoms with Gasteiger partial charge in [-0.2, -0.15) is 0 Å². The van der Waals surface area contributed by atoms with Crippen LogP contribution in [-0.2, 0) is 15.0 Å². The van der Waals surface area contributed by atoms with Gasteiger partial charge >= 0.3 is 180 Å². The number of hydrogen-bond acceptors (Lipinski definition) is 4. The van der Waals surface area contributed by atoms with Crippen LogP contribution >= 0.6 is 0 Å².